The van der Waals surface area contributed by atoms with Crippen LogP contribution in [-0.2, 0) is 14.3 Å². The summed E-state index contributed by atoms with van der Waals surface area (Å²) in [5.74, 6) is -0.293. The Labute approximate surface area is 145 Å². The highest BCUT2D eigenvalue weighted by Gasteiger charge is 2.39. The van der Waals surface area contributed by atoms with Gasteiger partial charge < -0.3 is 14.8 Å². The van der Waals surface area contributed by atoms with Crippen LogP contribution < -0.4 is 5.32 Å². The SMILES string of the molecule is O=COC(=O)c1ccc(C2Nc3ccccc3C3OCCCC23)cc1. The number of hydrogen-bond donors (Lipinski definition) is 1. The molecular weight excluding hydrogens is 318 g/mol. The first-order valence-corrected chi connectivity index (χ1v) is 8.49. The maximum Gasteiger partial charge on any atom is 0.345 e. The predicted octanol–water partition coefficient (Wildman–Crippen LogP) is 3.63. The first kappa shape index (κ1) is 15.8. The topological polar surface area (TPSA) is 64.6 Å². The second kappa shape index (κ2) is 6.69. The van der Waals surface area contributed by atoms with Crippen molar-refractivity contribution in [3.63, 3.8) is 0 Å². The highest BCUT2D eigenvalue weighted by molar-refractivity contribution is 5.93. The molecule has 4 rings (SSSR count). The smallest absolute Gasteiger partial charge is 0.345 e. The van der Waals surface area contributed by atoms with E-state index in [2.05, 4.69) is 22.2 Å². The summed E-state index contributed by atoms with van der Waals surface area (Å²) >= 11 is 0. The zero-order valence-electron chi connectivity index (χ0n) is 13.7. The lowest BCUT2D eigenvalue weighted by atomic mass is 9.77. The van der Waals surface area contributed by atoms with Crippen LogP contribution in [-0.4, -0.2) is 19.0 Å². The molecule has 1 fully saturated rings. The summed E-state index contributed by atoms with van der Waals surface area (Å²) in [6, 6.07) is 15.6. The van der Waals surface area contributed by atoms with Crippen LogP contribution in [0, 0.1) is 5.92 Å². The lowest BCUT2D eigenvalue weighted by Gasteiger charge is -2.43. The third kappa shape index (κ3) is 2.91. The van der Waals surface area contributed by atoms with E-state index in [1.165, 1.54) is 5.56 Å². The molecule has 5 heteroatoms. The Kier molecular flexibility index (Phi) is 4.24. The Morgan fingerprint density at radius 2 is 1.96 bits per heavy atom. The Morgan fingerprint density at radius 3 is 2.76 bits per heavy atom. The highest BCUT2D eigenvalue weighted by atomic mass is 16.6. The predicted molar refractivity (Wildman–Crippen MR) is 92.1 cm³/mol. The number of anilines is 1. The minimum Gasteiger partial charge on any atom is -0.392 e. The van der Waals surface area contributed by atoms with Crippen molar-refractivity contribution >= 4 is 18.1 Å². The number of benzene rings is 2. The standard InChI is InChI=1S/C20H19NO4/c22-12-25-20(23)14-9-7-13(8-10-14)18-16-5-3-11-24-19(16)15-4-1-2-6-17(15)21-18/h1-2,4,6-10,12,16,18-19,21H,3,5,11H2. The van der Waals surface area contributed by atoms with Crippen molar-refractivity contribution in [1.82, 2.24) is 0 Å². The Hall–Kier alpha value is -2.66. The van der Waals surface area contributed by atoms with E-state index in [1.807, 2.05) is 24.3 Å². The number of hydrogen-bond acceptors (Lipinski definition) is 5. The van der Waals surface area contributed by atoms with E-state index in [-0.39, 0.29) is 18.6 Å². The molecule has 25 heavy (non-hydrogen) atoms. The Balaban J connectivity index is 1.65. The first-order chi connectivity index (χ1) is 12.3. The van der Waals surface area contributed by atoms with Crippen molar-refractivity contribution in [3.8, 4) is 0 Å². The van der Waals surface area contributed by atoms with Crippen molar-refractivity contribution < 1.29 is 19.1 Å². The molecule has 128 valence electrons. The fourth-order valence-corrected chi connectivity index (χ4v) is 3.89. The largest absolute Gasteiger partial charge is 0.392 e. The summed E-state index contributed by atoms with van der Waals surface area (Å²) in [7, 11) is 0. The van der Waals surface area contributed by atoms with Crippen molar-refractivity contribution in [2.45, 2.75) is 25.0 Å². The molecule has 2 aromatic carbocycles. The van der Waals surface area contributed by atoms with Gasteiger partial charge in [-0.1, -0.05) is 30.3 Å². The molecule has 1 saturated heterocycles. The first-order valence-electron chi connectivity index (χ1n) is 8.49. The van der Waals surface area contributed by atoms with E-state index < -0.39 is 5.97 Å². The van der Waals surface area contributed by atoms with Gasteiger partial charge in [-0.3, -0.25) is 4.79 Å². The quantitative estimate of drug-likeness (QED) is 0.526. The summed E-state index contributed by atoms with van der Waals surface area (Å²) in [6.07, 6.45) is 2.23. The lowest BCUT2D eigenvalue weighted by molar-refractivity contribution is -0.123. The minimum absolute atomic E-state index is 0.0934. The molecule has 2 aromatic rings. The number of esters is 1. The maximum absolute atomic E-state index is 11.6. The monoisotopic (exact) mass is 337 g/mol. The second-order valence-electron chi connectivity index (χ2n) is 6.43. The van der Waals surface area contributed by atoms with E-state index in [9.17, 15) is 9.59 Å². The van der Waals surface area contributed by atoms with Crippen LogP contribution in [0.5, 0.6) is 0 Å². The Bertz CT molecular complexity index is 787. The van der Waals surface area contributed by atoms with Crippen molar-refractivity contribution in [2.24, 2.45) is 5.92 Å². The van der Waals surface area contributed by atoms with Crippen molar-refractivity contribution in [1.29, 1.82) is 0 Å². The molecule has 1 N–H and O–H groups in total. The van der Waals surface area contributed by atoms with Crippen LogP contribution in [0.25, 0.3) is 0 Å². The number of carbonyl (C=O) groups is 2. The average molecular weight is 337 g/mol. The number of fused-ring (bicyclic) bond motifs is 3. The summed E-state index contributed by atoms with van der Waals surface area (Å²) in [5.41, 5.74) is 3.77. The van der Waals surface area contributed by atoms with Crippen LogP contribution in [0.3, 0.4) is 0 Å². The highest BCUT2D eigenvalue weighted by Crippen LogP contribution is 2.48. The summed E-state index contributed by atoms with van der Waals surface area (Å²) in [4.78, 5) is 21.9. The molecular formula is C20H19NO4. The maximum atomic E-state index is 11.6. The minimum atomic E-state index is -0.637. The number of ether oxygens (including phenoxy) is 2. The molecule has 2 aliphatic rings. The van der Waals surface area contributed by atoms with Gasteiger partial charge in [0.1, 0.15) is 0 Å². The molecule has 3 unspecified atom stereocenters. The summed E-state index contributed by atoms with van der Waals surface area (Å²) < 4.78 is 10.5. The van der Waals surface area contributed by atoms with Crippen molar-refractivity contribution in [2.75, 3.05) is 11.9 Å². The van der Waals surface area contributed by atoms with Gasteiger partial charge in [0.15, 0.2) is 0 Å². The summed E-state index contributed by atoms with van der Waals surface area (Å²) in [5, 5.41) is 3.63. The molecule has 0 aliphatic carbocycles. The van der Waals surface area contributed by atoms with Crippen molar-refractivity contribution in [3.05, 3.63) is 65.2 Å². The number of nitrogens with one attached hydrogen (secondary N) is 1. The zero-order valence-corrected chi connectivity index (χ0v) is 13.7. The molecule has 0 amide bonds. The van der Waals surface area contributed by atoms with Gasteiger partial charge in [-0.2, -0.15) is 0 Å². The van der Waals surface area contributed by atoms with Gasteiger partial charge in [0.05, 0.1) is 17.7 Å². The fraction of sp³-hybridized carbons (Fsp3) is 0.300. The normalized spacial score (nSPS) is 24.4. The van der Waals surface area contributed by atoms with Crippen LogP contribution in [0.15, 0.2) is 48.5 Å². The molecule has 0 bridgehead atoms. The molecule has 0 saturated carbocycles. The molecule has 3 atom stereocenters. The van der Waals surface area contributed by atoms with Crippen LogP contribution in [0.1, 0.15) is 46.5 Å². The van der Waals surface area contributed by atoms with Gasteiger partial charge in [0.25, 0.3) is 0 Å². The average Bonchev–Trinajstić information content (AvgIpc) is 2.68. The van der Waals surface area contributed by atoms with E-state index in [0.717, 1.165) is 30.7 Å². The van der Waals surface area contributed by atoms with E-state index in [4.69, 9.17) is 4.74 Å². The van der Waals surface area contributed by atoms with Gasteiger partial charge in [-0.25, -0.2) is 4.79 Å². The van der Waals surface area contributed by atoms with Gasteiger partial charge in [0, 0.05) is 23.8 Å². The third-order valence-corrected chi connectivity index (χ3v) is 5.04. The molecule has 0 radical (unpaired) electrons. The Morgan fingerprint density at radius 1 is 1.16 bits per heavy atom. The second-order valence-corrected chi connectivity index (χ2v) is 6.43. The van der Waals surface area contributed by atoms with Gasteiger partial charge in [-0.15, -0.1) is 0 Å². The van der Waals surface area contributed by atoms with Crippen LogP contribution in [0.4, 0.5) is 5.69 Å². The van der Waals surface area contributed by atoms with E-state index in [1.54, 1.807) is 12.1 Å². The van der Waals surface area contributed by atoms with Crippen LogP contribution >= 0.6 is 0 Å². The summed E-state index contributed by atoms with van der Waals surface area (Å²) in [6.45, 7) is 0.943. The molecule has 2 heterocycles. The number of rotatable bonds is 3. The number of para-hydroxylation sites is 1. The van der Waals surface area contributed by atoms with E-state index >= 15 is 0 Å². The third-order valence-electron chi connectivity index (χ3n) is 5.04. The lowest BCUT2D eigenvalue weighted by Crippen LogP contribution is -2.35. The molecule has 0 spiro atoms. The van der Waals surface area contributed by atoms with Gasteiger partial charge in [-0.05, 0) is 36.6 Å². The van der Waals surface area contributed by atoms with E-state index in [0.29, 0.717) is 11.5 Å². The van der Waals surface area contributed by atoms with Crippen LogP contribution in [0.2, 0.25) is 0 Å². The molecule has 0 aromatic heterocycles. The van der Waals surface area contributed by atoms with Gasteiger partial charge >= 0.3 is 12.4 Å². The number of carbonyl (C=O) groups excluding carboxylic acids is 2. The fourth-order valence-electron chi connectivity index (χ4n) is 3.89. The molecule has 5 nitrogen and oxygen atoms in total. The van der Waals surface area contributed by atoms with Gasteiger partial charge in [0.2, 0.25) is 0 Å². The molecule has 2 aliphatic heterocycles. The zero-order chi connectivity index (χ0) is 17.2.